The van der Waals surface area contributed by atoms with E-state index in [0.29, 0.717) is 0 Å². The molecule has 0 aliphatic carbocycles. The molecule has 0 fully saturated rings. The summed E-state index contributed by atoms with van der Waals surface area (Å²) in [6.07, 6.45) is 0. The molecule has 19 heavy (non-hydrogen) atoms. The van der Waals surface area contributed by atoms with Gasteiger partial charge in [-0.05, 0) is 18.9 Å². The summed E-state index contributed by atoms with van der Waals surface area (Å²) in [4.78, 5) is 11.9. The molecule has 0 saturated heterocycles. The van der Waals surface area contributed by atoms with Crippen molar-refractivity contribution in [3.63, 3.8) is 0 Å². The number of halogens is 1. The van der Waals surface area contributed by atoms with Gasteiger partial charge in [0.05, 0.1) is 19.2 Å². The van der Waals surface area contributed by atoms with Gasteiger partial charge in [-0.15, -0.1) is 12.4 Å². The van der Waals surface area contributed by atoms with Crippen molar-refractivity contribution in [2.75, 3.05) is 7.11 Å². The summed E-state index contributed by atoms with van der Waals surface area (Å²) in [6.45, 7) is 5.78. The number of nitrogens with two attached hydrogens (primary N) is 1. The predicted molar refractivity (Wildman–Crippen MR) is 79.6 cm³/mol. The topological polar surface area (TPSA) is 64.3 Å². The fraction of sp³-hybridized carbons (Fsp3) is 0.500. The number of hydrogen-bond acceptors (Lipinski definition) is 3. The maximum atomic E-state index is 11.9. The van der Waals surface area contributed by atoms with E-state index in [2.05, 4.69) is 5.32 Å². The molecule has 0 radical (unpaired) electrons. The Morgan fingerprint density at radius 3 is 2.37 bits per heavy atom. The van der Waals surface area contributed by atoms with Crippen LogP contribution in [0, 0.1) is 5.92 Å². The lowest BCUT2D eigenvalue weighted by atomic mass is 10.0. The summed E-state index contributed by atoms with van der Waals surface area (Å²) >= 11 is 0. The molecule has 1 aromatic rings. The van der Waals surface area contributed by atoms with Crippen LogP contribution in [0.25, 0.3) is 0 Å². The predicted octanol–water partition coefficient (Wildman–Crippen LogP) is 2.28. The van der Waals surface area contributed by atoms with Gasteiger partial charge in [-0.1, -0.05) is 32.0 Å². The minimum atomic E-state index is -0.484. The van der Waals surface area contributed by atoms with Crippen molar-refractivity contribution in [1.82, 2.24) is 5.32 Å². The lowest BCUT2D eigenvalue weighted by molar-refractivity contribution is -0.123. The van der Waals surface area contributed by atoms with E-state index in [0.717, 1.165) is 11.3 Å². The van der Waals surface area contributed by atoms with Crippen LogP contribution >= 0.6 is 12.4 Å². The second-order valence-corrected chi connectivity index (χ2v) is 4.74. The van der Waals surface area contributed by atoms with Crippen LogP contribution in [-0.2, 0) is 4.79 Å². The van der Waals surface area contributed by atoms with Gasteiger partial charge < -0.3 is 15.8 Å². The third-order valence-electron chi connectivity index (χ3n) is 2.99. The molecule has 1 aromatic carbocycles. The fourth-order valence-corrected chi connectivity index (χ4v) is 1.71. The molecule has 0 heterocycles. The van der Waals surface area contributed by atoms with Gasteiger partial charge in [0, 0.05) is 5.56 Å². The van der Waals surface area contributed by atoms with Crippen molar-refractivity contribution in [3.8, 4) is 5.75 Å². The summed E-state index contributed by atoms with van der Waals surface area (Å²) < 4.78 is 5.27. The molecule has 2 atom stereocenters. The molecule has 0 spiro atoms. The number of methoxy groups -OCH3 is 1. The quantitative estimate of drug-likeness (QED) is 0.873. The number of carbonyl (C=O) groups excluding carboxylic acids is 1. The first kappa shape index (κ1) is 17.7. The Kier molecular flexibility index (Phi) is 7.49. The first-order valence-electron chi connectivity index (χ1n) is 6.16. The molecule has 0 aliphatic rings. The highest BCUT2D eigenvalue weighted by Crippen LogP contribution is 2.24. The van der Waals surface area contributed by atoms with Crippen LogP contribution in [0.15, 0.2) is 24.3 Å². The number of rotatable bonds is 5. The van der Waals surface area contributed by atoms with Gasteiger partial charge in [-0.2, -0.15) is 0 Å². The maximum Gasteiger partial charge on any atom is 0.237 e. The molecule has 3 N–H and O–H groups in total. The Hall–Kier alpha value is -1.26. The molecule has 0 aromatic heterocycles. The summed E-state index contributed by atoms with van der Waals surface area (Å²) in [5.41, 5.74) is 6.76. The third-order valence-corrected chi connectivity index (χ3v) is 2.99. The van der Waals surface area contributed by atoms with E-state index in [1.165, 1.54) is 0 Å². The monoisotopic (exact) mass is 286 g/mol. The summed E-state index contributed by atoms with van der Waals surface area (Å²) in [6, 6.07) is 7.02. The van der Waals surface area contributed by atoms with Crippen LogP contribution in [0.2, 0.25) is 0 Å². The first-order valence-corrected chi connectivity index (χ1v) is 6.16. The Balaban J connectivity index is 0.00000324. The highest BCUT2D eigenvalue weighted by molar-refractivity contribution is 5.85. The van der Waals surface area contributed by atoms with Crippen molar-refractivity contribution < 1.29 is 9.53 Å². The van der Waals surface area contributed by atoms with E-state index >= 15 is 0 Å². The van der Waals surface area contributed by atoms with Crippen LogP contribution < -0.4 is 15.8 Å². The minimum absolute atomic E-state index is 0. The molecular weight excluding hydrogens is 264 g/mol. The van der Waals surface area contributed by atoms with E-state index in [1.54, 1.807) is 7.11 Å². The fourth-order valence-electron chi connectivity index (χ4n) is 1.71. The number of hydrogen-bond donors (Lipinski definition) is 2. The van der Waals surface area contributed by atoms with Crippen LogP contribution in [-0.4, -0.2) is 19.1 Å². The summed E-state index contributed by atoms with van der Waals surface area (Å²) in [5, 5.41) is 2.91. The van der Waals surface area contributed by atoms with E-state index in [1.807, 2.05) is 45.0 Å². The summed E-state index contributed by atoms with van der Waals surface area (Å²) in [5.74, 6) is 0.752. The number of para-hydroxylation sites is 1. The zero-order valence-electron chi connectivity index (χ0n) is 11.8. The molecule has 5 heteroatoms. The van der Waals surface area contributed by atoms with Gasteiger partial charge in [-0.3, -0.25) is 4.79 Å². The van der Waals surface area contributed by atoms with Crippen LogP contribution in [0.3, 0.4) is 0 Å². The Labute approximate surface area is 121 Å². The average molecular weight is 287 g/mol. The second kappa shape index (κ2) is 8.02. The second-order valence-electron chi connectivity index (χ2n) is 4.74. The maximum absolute atomic E-state index is 11.9. The van der Waals surface area contributed by atoms with E-state index in [-0.39, 0.29) is 30.3 Å². The minimum Gasteiger partial charge on any atom is -0.496 e. The highest BCUT2D eigenvalue weighted by Gasteiger charge is 2.20. The van der Waals surface area contributed by atoms with Crippen LogP contribution in [0.4, 0.5) is 0 Å². The summed E-state index contributed by atoms with van der Waals surface area (Å²) in [7, 11) is 1.62. The van der Waals surface area contributed by atoms with Gasteiger partial charge in [-0.25, -0.2) is 0 Å². The Bertz CT molecular complexity index is 410. The lowest BCUT2D eigenvalue weighted by Gasteiger charge is -2.21. The molecule has 0 saturated carbocycles. The van der Waals surface area contributed by atoms with Crippen LogP contribution in [0.1, 0.15) is 32.4 Å². The van der Waals surface area contributed by atoms with Gasteiger partial charge in [0.1, 0.15) is 5.75 Å². The molecule has 1 unspecified atom stereocenters. The van der Waals surface area contributed by atoms with Crippen molar-refractivity contribution >= 4 is 18.3 Å². The number of nitrogens with one attached hydrogen (secondary N) is 1. The van der Waals surface area contributed by atoms with Gasteiger partial charge in [0.25, 0.3) is 0 Å². The van der Waals surface area contributed by atoms with E-state index in [9.17, 15) is 4.79 Å². The number of ether oxygens (including phenoxy) is 1. The molecule has 4 nitrogen and oxygen atoms in total. The molecule has 108 valence electrons. The smallest absolute Gasteiger partial charge is 0.237 e. The molecule has 1 amide bonds. The molecular formula is C14H23ClN2O2. The first-order chi connectivity index (χ1) is 8.47. The van der Waals surface area contributed by atoms with Crippen molar-refractivity contribution in [3.05, 3.63) is 29.8 Å². The van der Waals surface area contributed by atoms with Crippen LogP contribution in [0.5, 0.6) is 5.75 Å². The van der Waals surface area contributed by atoms with E-state index < -0.39 is 6.04 Å². The average Bonchev–Trinajstić information content (AvgIpc) is 2.37. The van der Waals surface area contributed by atoms with Crippen molar-refractivity contribution in [2.24, 2.45) is 11.7 Å². The third kappa shape index (κ3) is 4.73. The molecule has 0 aliphatic heterocycles. The standard InChI is InChI=1S/C14H22N2O2.ClH/c1-9(2)13(15)14(17)16-10(3)11-7-5-6-8-12(11)18-4;/h5-10,13H,15H2,1-4H3,(H,16,17);1H/t10?,13-;/m0./s1. The SMILES string of the molecule is COc1ccccc1C(C)NC(=O)[C@@H](N)C(C)C.Cl. The zero-order valence-corrected chi connectivity index (χ0v) is 12.7. The number of benzene rings is 1. The highest BCUT2D eigenvalue weighted by atomic mass is 35.5. The Morgan fingerprint density at radius 2 is 1.84 bits per heavy atom. The lowest BCUT2D eigenvalue weighted by Crippen LogP contribution is -2.44. The van der Waals surface area contributed by atoms with Gasteiger partial charge >= 0.3 is 0 Å². The van der Waals surface area contributed by atoms with Crippen molar-refractivity contribution in [2.45, 2.75) is 32.9 Å². The number of carbonyl (C=O) groups is 1. The van der Waals surface area contributed by atoms with E-state index in [4.69, 9.17) is 10.5 Å². The van der Waals surface area contributed by atoms with Gasteiger partial charge in [0.15, 0.2) is 0 Å². The van der Waals surface area contributed by atoms with Gasteiger partial charge in [0.2, 0.25) is 5.91 Å². The molecule has 1 rings (SSSR count). The zero-order chi connectivity index (χ0) is 13.7. The largest absolute Gasteiger partial charge is 0.496 e. The van der Waals surface area contributed by atoms with Crippen molar-refractivity contribution in [1.29, 1.82) is 0 Å². The normalized spacial score (nSPS) is 13.4. The number of amides is 1. The molecule has 0 bridgehead atoms. The Morgan fingerprint density at radius 1 is 1.26 bits per heavy atom.